The van der Waals surface area contributed by atoms with Crippen LogP contribution in [0.25, 0.3) is 0 Å². The monoisotopic (exact) mass is 200 g/mol. The van der Waals surface area contributed by atoms with Gasteiger partial charge in [0.15, 0.2) is 0 Å². The molecule has 0 saturated carbocycles. The van der Waals surface area contributed by atoms with Gasteiger partial charge in [-0.2, -0.15) is 0 Å². The van der Waals surface area contributed by atoms with Crippen molar-refractivity contribution in [2.24, 2.45) is 0 Å². The van der Waals surface area contributed by atoms with Crippen molar-refractivity contribution in [3.05, 3.63) is 17.2 Å². The Kier molecular flexibility index (Phi) is 3.48. The summed E-state index contributed by atoms with van der Waals surface area (Å²) in [4.78, 5) is 14.8. The van der Waals surface area contributed by atoms with Crippen molar-refractivity contribution in [2.75, 3.05) is 0 Å². The molecule has 4 heteroatoms. The minimum Gasteiger partial charge on any atom is -0.333 e. The Balaban J connectivity index is 2.73. The lowest BCUT2D eigenvalue weighted by Crippen LogP contribution is -2.02. The third-order valence-corrected chi connectivity index (χ3v) is 2.27. The highest BCUT2D eigenvalue weighted by atomic mass is 35.5. The van der Waals surface area contributed by atoms with Gasteiger partial charge in [-0.3, -0.25) is 0 Å². The lowest BCUT2D eigenvalue weighted by atomic mass is 10.2. The maximum absolute atomic E-state index is 10.8. The number of hydrogen-bond acceptors (Lipinski definition) is 2. The molecule has 13 heavy (non-hydrogen) atoms. The molecule has 1 rings (SSSR count). The van der Waals surface area contributed by atoms with Gasteiger partial charge in [0, 0.05) is 13.0 Å². The van der Waals surface area contributed by atoms with Gasteiger partial charge in [-0.1, -0.05) is 11.6 Å². The fourth-order valence-corrected chi connectivity index (χ4v) is 1.44. The molecule has 1 heterocycles. The molecule has 0 aliphatic carbocycles. The standard InChI is InChI=1S/C9H13ClN2O/c1-3-12-6-11-9(10)8(12)5-4-7(2)13/h6H,3-5H2,1-2H3. The zero-order valence-corrected chi connectivity index (χ0v) is 8.64. The summed E-state index contributed by atoms with van der Waals surface area (Å²) in [6.07, 6.45) is 2.92. The maximum Gasteiger partial charge on any atom is 0.150 e. The lowest BCUT2D eigenvalue weighted by Gasteiger charge is -2.03. The molecule has 72 valence electrons. The van der Waals surface area contributed by atoms with E-state index >= 15 is 0 Å². The van der Waals surface area contributed by atoms with E-state index in [4.69, 9.17) is 11.6 Å². The number of Topliss-reactive ketones (excluding diaryl/α,β-unsaturated/α-hetero) is 1. The van der Waals surface area contributed by atoms with Crippen LogP contribution in [-0.2, 0) is 17.8 Å². The SMILES string of the molecule is CCn1cnc(Cl)c1CCC(C)=O. The van der Waals surface area contributed by atoms with Gasteiger partial charge in [-0.25, -0.2) is 4.98 Å². The summed E-state index contributed by atoms with van der Waals surface area (Å²) in [5.41, 5.74) is 0.958. The van der Waals surface area contributed by atoms with Crippen molar-refractivity contribution in [3.8, 4) is 0 Å². The smallest absolute Gasteiger partial charge is 0.150 e. The van der Waals surface area contributed by atoms with Crippen molar-refractivity contribution in [1.82, 2.24) is 9.55 Å². The number of ketones is 1. The van der Waals surface area contributed by atoms with Crippen LogP contribution in [0.15, 0.2) is 6.33 Å². The van der Waals surface area contributed by atoms with Gasteiger partial charge in [-0.15, -0.1) is 0 Å². The summed E-state index contributed by atoms with van der Waals surface area (Å²) in [7, 11) is 0. The number of halogens is 1. The first-order chi connectivity index (χ1) is 6.15. The summed E-state index contributed by atoms with van der Waals surface area (Å²) in [5.74, 6) is 0.180. The van der Waals surface area contributed by atoms with E-state index in [9.17, 15) is 4.79 Å². The number of aryl methyl sites for hydroxylation is 1. The molecule has 0 aliphatic heterocycles. The number of imidazole rings is 1. The molecular weight excluding hydrogens is 188 g/mol. The van der Waals surface area contributed by atoms with E-state index in [1.54, 1.807) is 13.3 Å². The zero-order valence-electron chi connectivity index (χ0n) is 7.88. The molecule has 0 unspecified atom stereocenters. The quantitative estimate of drug-likeness (QED) is 0.746. The lowest BCUT2D eigenvalue weighted by molar-refractivity contribution is -0.117. The fraction of sp³-hybridized carbons (Fsp3) is 0.556. The van der Waals surface area contributed by atoms with Crippen molar-refractivity contribution >= 4 is 17.4 Å². The molecule has 0 radical (unpaired) electrons. The Labute approximate surface area is 82.7 Å². The summed E-state index contributed by atoms with van der Waals surface area (Å²) in [6, 6.07) is 0. The predicted molar refractivity (Wildman–Crippen MR) is 51.9 cm³/mol. The van der Waals surface area contributed by atoms with Crippen molar-refractivity contribution in [1.29, 1.82) is 0 Å². The molecule has 0 N–H and O–H groups in total. The number of carbonyl (C=O) groups excluding carboxylic acids is 1. The highest BCUT2D eigenvalue weighted by Crippen LogP contribution is 2.15. The van der Waals surface area contributed by atoms with E-state index in [1.165, 1.54) is 0 Å². The highest BCUT2D eigenvalue weighted by Gasteiger charge is 2.08. The molecule has 0 saturated heterocycles. The third-order valence-electron chi connectivity index (χ3n) is 1.95. The average molecular weight is 201 g/mol. The van der Waals surface area contributed by atoms with Gasteiger partial charge in [0.2, 0.25) is 0 Å². The summed E-state index contributed by atoms with van der Waals surface area (Å²) >= 11 is 5.86. The van der Waals surface area contributed by atoms with Gasteiger partial charge in [0.25, 0.3) is 0 Å². The first kappa shape index (κ1) is 10.3. The maximum atomic E-state index is 10.8. The topological polar surface area (TPSA) is 34.9 Å². The van der Waals surface area contributed by atoms with Crippen molar-refractivity contribution in [3.63, 3.8) is 0 Å². The van der Waals surface area contributed by atoms with E-state index in [-0.39, 0.29) is 5.78 Å². The van der Waals surface area contributed by atoms with Gasteiger partial charge in [-0.05, 0) is 20.3 Å². The fourth-order valence-electron chi connectivity index (χ4n) is 1.20. The van der Waals surface area contributed by atoms with Crippen LogP contribution in [0.2, 0.25) is 5.15 Å². The first-order valence-electron chi connectivity index (χ1n) is 4.34. The minimum absolute atomic E-state index is 0.180. The van der Waals surface area contributed by atoms with Crippen LogP contribution in [0.4, 0.5) is 0 Å². The van der Waals surface area contributed by atoms with Gasteiger partial charge in [0.05, 0.1) is 12.0 Å². The van der Waals surface area contributed by atoms with Crippen molar-refractivity contribution in [2.45, 2.75) is 33.2 Å². The number of rotatable bonds is 4. The number of carbonyl (C=O) groups is 1. The number of aromatic nitrogens is 2. The Bertz CT molecular complexity index is 307. The molecule has 1 aromatic heterocycles. The molecular formula is C9H13ClN2O. The second-order valence-corrected chi connectivity index (χ2v) is 3.33. The van der Waals surface area contributed by atoms with Crippen LogP contribution in [0.5, 0.6) is 0 Å². The molecule has 3 nitrogen and oxygen atoms in total. The van der Waals surface area contributed by atoms with Crippen LogP contribution in [0.1, 0.15) is 26.0 Å². The summed E-state index contributed by atoms with van der Waals surface area (Å²) in [5, 5.41) is 0.517. The molecule has 0 fully saturated rings. The van der Waals surface area contributed by atoms with Gasteiger partial charge >= 0.3 is 0 Å². The number of hydrogen-bond donors (Lipinski definition) is 0. The number of nitrogens with zero attached hydrogens (tertiary/aromatic N) is 2. The normalized spacial score (nSPS) is 10.4. The van der Waals surface area contributed by atoms with Gasteiger partial charge < -0.3 is 9.36 Å². The zero-order chi connectivity index (χ0) is 9.84. The van der Waals surface area contributed by atoms with E-state index in [2.05, 4.69) is 4.98 Å². The van der Waals surface area contributed by atoms with Crippen LogP contribution in [0, 0.1) is 0 Å². The second-order valence-electron chi connectivity index (χ2n) is 2.97. The van der Waals surface area contributed by atoms with Crippen LogP contribution in [-0.4, -0.2) is 15.3 Å². The Morgan fingerprint density at radius 3 is 2.92 bits per heavy atom. The minimum atomic E-state index is 0.180. The Hall–Kier alpha value is -0.830. The Morgan fingerprint density at radius 1 is 1.69 bits per heavy atom. The molecule has 0 amide bonds. The molecule has 1 aromatic rings. The highest BCUT2D eigenvalue weighted by molar-refractivity contribution is 6.30. The summed E-state index contributed by atoms with van der Waals surface area (Å²) < 4.78 is 1.96. The summed E-state index contributed by atoms with van der Waals surface area (Å²) in [6.45, 7) is 4.45. The molecule has 0 bridgehead atoms. The van der Waals surface area contributed by atoms with E-state index in [0.717, 1.165) is 12.2 Å². The second kappa shape index (κ2) is 4.42. The molecule has 0 spiro atoms. The first-order valence-corrected chi connectivity index (χ1v) is 4.72. The average Bonchev–Trinajstić information content (AvgIpc) is 2.43. The van der Waals surface area contributed by atoms with Crippen molar-refractivity contribution < 1.29 is 4.79 Å². The Morgan fingerprint density at radius 2 is 2.38 bits per heavy atom. The molecule has 0 atom stereocenters. The predicted octanol–water partition coefficient (Wildman–Crippen LogP) is 2.08. The van der Waals surface area contributed by atoms with E-state index < -0.39 is 0 Å². The van der Waals surface area contributed by atoms with E-state index in [0.29, 0.717) is 18.0 Å². The third kappa shape index (κ3) is 2.56. The van der Waals surface area contributed by atoms with E-state index in [1.807, 2.05) is 11.5 Å². The molecule has 0 aromatic carbocycles. The van der Waals surface area contributed by atoms with Crippen LogP contribution < -0.4 is 0 Å². The van der Waals surface area contributed by atoms with Crippen LogP contribution in [0.3, 0.4) is 0 Å². The van der Waals surface area contributed by atoms with Crippen LogP contribution >= 0.6 is 11.6 Å². The van der Waals surface area contributed by atoms with Gasteiger partial charge in [0.1, 0.15) is 10.9 Å². The molecule has 0 aliphatic rings. The largest absolute Gasteiger partial charge is 0.333 e.